The van der Waals surface area contributed by atoms with Gasteiger partial charge in [-0.1, -0.05) is 45.0 Å². The predicted molar refractivity (Wildman–Crippen MR) is 109 cm³/mol. The highest BCUT2D eigenvalue weighted by Gasteiger charge is 2.55. The van der Waals surface area contributed by atoms with Gasteiger partial charge >= 0.3 is 0 Å². The van der Waals surface area contributed by atoms with E-state index in [1.165, 1.54) is 11.8 Å². The van der Waals surface area contributed by atoms with Gasteiger partial charge in [0.15, 0.2) is 0 Å². The molecule has 0 unspecified atom stereocenters. The van der Waals surface area contributed by atoms with E-state index in [4.69, 9.17) is 5.11 Å². The van der Waals surface area contributed by atoms with Gasteiger partial charge in [0, 0.05) is 42.9 Å². The highest BCUT2D eigenvalue weighted by molar-refractivity contribution is 5.42. The Morgan fingerprint density at radius 1 is 1.14 bits per heavy atom. The minimum atomic E-state index is -3.22. The summed E-state index contributed by atoms with van der Waals surface area (Å²) >= 11 is 0. The van der Waals surface area contributed by atoms with Gasteiger partial charge in [-0.15, -0.1) is 0 Å². The first-order valence-electron chi connectivity index (χ1n) is 9.95. The molecule has 1 aromatic carbocycles. The first kappa shape index (κ1) is 21.8. The van der Waals surface area contributed by atoms with Crippen LogP contribution in [0.15, 0.2) is 42.7 Å². The molecule has 0 radical (unpaired) electrons. The average molecular weight is 405 g/mol. The third-order valence-corrected chi connectivity index (χ3v) is 6.01. The third kappa shape index (κ3) is 4.06. The zero-order chi connectivity index (χ0) is 21.4. The maximum Gasteiger partial charge on any atom is 0.274 e. The van der Waals surface area contributed by atoms with Gasteiger partial charge < -0.3 is 15.1 Å². The van der Waals surface area contributed by atoms with Crippen molar-refractivity contribution in [3.63, 3.8) is 0 Å². The topological polar surface area (TPSA) is 56.6 Å². The molecule has 1 aromatic heterocycles. The largest absolute Gasteiger partial charge is 0.390 e. The van der Waals surface area contributed by atoms with Gasteiger partial charge in [-0.3, -0.25) is 4.98 Å². The molecule has 2 aromatic rings. The first-order chi connectivity index (χ1) is 13.5. The van der Waals surface area contributed by atoms with E-state index >= 15 is 0 Å². The average Bonchev–Trinajstić information content (AvgIpc) is 2.66. The van der Waals surface area contributed by atoms with Crippen LogP contribution in [0.5, 0.6) is 0 Å². The number of likely N-dealkylation sites (tertiary alicyclic amines) is 1. The molecule has 2 N–H and O–H groups in total. The standard InChI is InChI=1S/C23H30F2N2O2/c1-16(2)18-5-7-19(8-6-18)23(29,21(3)13-27(4)14-21)20-9-17(11-26-12-20)10-22(24,25)15-28/h5-9,11-12,16,28-29H,10,13-15H2,1-4H3/t23-/m0/s1. The fraction of sp³-hybridized carbons (Fsp3) is 0.522. The van der Waals surface area contributed by atoms with Crippen molar-refractivity contribution < 1.29 is 19.0 Å². The van der Waals surface area contributed by atoms with E-state index in [2.05, 4.69) is 23.7 Å². The molecule has 1 aliphatic heterocycles. The molecule has 1 atom stereocenters. The summed E-state index contributed by atoms with van der Waals surface area (Å²) in [6.45, 7) is 6.36. The van der Waals surface area contributed by atoms with Crippen molar-refractivity contribution in [2.75, 3.05) is 26.7 Å². The summed E-state index contributed by atoms with van der Waals surface area (Å²) in [4.78, 5) is 6.26. The Kier molecular flexibility index (Phi) is 5.82. The van der Waals surface area contributed by atoms with Crippen LogP contribution in [0.25, 0.3) is 0 Å². The molecule has 0 saturated carbocycles. The predicted octanol–water partition coefficient (Wildman–Crippen LogP) is 3.56. The molecule has 0 amide bonds. The van der Waals surface area contributed by atoms with Crippen LogP contribution < -0.4 is 0 Å². The second-order valence-electron chi connectivity index (χ2n) is 8.99. The van der Waals surface area contributed by atoms with Gasteiger partial charge in [0.05, 0.1) is 0 Å². The molecule has 0 aliphatic carbocycles. The molecule has 29 heavy (non-hydrogen) atoms. The lowest BCUT2D eigenvalue weighted by Crippen LogP contribution is -2.63. The van der Waals surface area contributed by atoms with Crippen molar-refractivity contribution in [1.29, 1.82) is 0 Å². The Hall–Kier alpha value is -1.89. The molecule has 1 fully saturated rings. The van der Waals surface area contributed by atoms with Crippen molar-refractivity contribution in [3.8, 4) is 0 Å². The molecule has 4 nitrogen and oxygen atoms in total. The molecule has 1 saturated heterocycles. The number of alkyl halides is 2. The fourth-order valence-corrected chi connectivity index (χ4v) is 4.48. The number of hydrogen-bond donors (Lipinski definition) is 2. The van der Waals surface area contributed by atoms with Gasteiger partial charge in [0.25, 0.3) is 5.92 Å². The monoisotopic (exact) mass is 404 g/mol. The Balaban J connectivity index is 2.07. The Morgan fingerprint density at radius 3 is 2.28 bits per heavy atom. The van der Waals surface area contributed by atoms with Crippen LogP contribution in [0, 0.1) is 5.41 Å². The number of halogens is 2. The van der Waals surface area contributed by atoms with E-state index in [1.807, 2.05) is 38.2 Å². The van der Waals surface area contributed by atoms with Crippen LogP contribution in [0.4, 0.5) is 8.78 Å². The molecule has 1 aliphatic rings. The van der Waals surface area contributed by atoms with Crippen molar-refractivity contribution in [2.24, 2.45) is 5.41 Å². The first-order valence-corrected chi connectivity index (χ1v) is 9.95. The molecule has 2 heterocycles. The van der Waals surface area contributed by atoms with Crippen LogP contribution in [0.2, 0.25) is 0 Å². The lowest BCUT2D eigenvalue weighted by molar-refractivity contribution is -0.127. The minimum Gasteiger partial charge on any atom is -0.390 e. The Bertz CT molecular complexity index is 848. The molecule has 6 heteroatoms. The SMILES string of the molecule is CC(C)c1ccc([C@](O)(c2cncc(CC(F)(F)CO)c2)C2(C)CN(C)C2)cc1. The summed E-state index contributed by atoms with van der Waals surface area (Å²) in [6.07, 6.45) is 2.30. The molecule has 0 spiro atoms. The maximum absolute atomic E-state index is 13.7. The van der Waals surface area contributed by atoms with Crippen molar-refractivity contribution in [2.45, 2.75) is 44.6 Å². The maximum atomic E-state index is 13.7. The van der Waals surface area contributed by atoms with Gasteiger partial charge in [-0.05, 0) is 35.7 Å². The van der Waals surface area contributed by atoms with E-state index in [9.17, 15) is 13.9 Å². The number of aromatic nitrogens is 1. The van der Waals surface area contributed by atoms with Gasteiger partial charge in [-0.2, -0.15) is 0 Å². The summed E-state index contributed by atoms with van der Waals surface area (Å²) in [5.74, 6) is -2.86. The quantitative estimate of drug-likeness (QED) is 0.741. The molecule has 0 bridgehead atoms. The summed E-state index contributed by atoms with van der Waals surface area (Å²) in [5.41, 5.74) is 0.825. The highest BCUT2D eigenvalue weighted by Crippen LogP contribution is 2.50. The Morgan fingerprint density at radius 2 is 1.76 bits per heavy atom. The smallest absolute Gasteiger partial charge is 0.274 e. The van der Waals surface area contributed by atoms with Crippen molar-refractivity contribution in [1.82, 2.24) is 9.88 Å². The van der Waals surface area contributed by atoms with Crippen molar-refractivity contribution in [3.05, 3.63) is 65.0 Å². The van der Waals surface area contributed by atoms with Crippen LogP contribution in [-0.4, -0.2) is 52.8 Å². The third-order valence-electron chi connectivity index (χ3n) is 6.01. The number of rotatable bonds is 7. The van der Waals surface area contributed by atoms with Crippen molar-refractivity contribution >= 4 is 0 Å². The molecule has 158 valence electrons. The number of aliphatic hydroxyl groups excluding tert-OH is 1. The summed E-state index contributed by atoms with van der Waals surface area (Å²) in [5, 5.41) is 21.0. The fourth-order valence-electron chi connectivity index (χ4n) is 4.48. The van der Waals surface area contributed by atoms with Crippen LogP contribution in [-0.2, 0) is 12.0 Å². The minimum absolute atomic E-state index is 0.287. The van der Waals surface area contributed by atoms with Gasteiger partial charge in [0.2, 0.25) is 0 Å². The molecule has 3 rings (SSSR count). The lowest BCUT2D eigenvalue weighted by Gasteiger charge is -2.56. The normalized spacial score (nSPS) is 19.1. The molecular formula is C23H30F2N2O2. The zero-order valence-electron chi connectivity index (χ0n) is 17.5. The van der Waals surface area contributed by atoms with Crippen LogP contribution in [0.1, 0.15) is 48.9 Å². The van der Waals surface area contributed by atoms with Gasteiger partial charge in [0.1, 0.15) is 12.2 Å². The lowest BCUT2D eigenvalue weighted by atomic mass is 9.62. The summed E-state index contributed by atoms with van der Waals surface area (Å²) in [7, 11) is 1.99. The van der Waals surface area contributed by atoms with E-state index in [1.54, 1.807) is 12.3 Å². The van der Waals surface area contributed by atoms with E-state index in [0.717, 1.165) is 5.56 Å². The van der Waals surface area contributed by atoms with E-state index < -0.39 is 30.0 Å². The van der Waals surface area contributed by atoms with Crippen LogP contribution in [0.3, 0.4) is 0 Å². The summed E-state index contributed by atoms with van der Waals surface area (Å²) < 4.78 is 27.5. The zero-order valence-corrected chi connectivity index (χ0v) is 17.5. The Labute approximate surface area is 171 Å². The number of pyridine rings is 1. The highest BCUT2D eigenvalue weighted by atomic mass is 19.3. The molecular weight excluding hydrogens is 374 g/mol. The van der Waals surface area contributed by atoms with Gasteiger partial charge in [-0.25, -0.2) is 8.78 Å². The number of hydrogen-bond acceptors (Lipinski definition) is 4. The second-order valence-corrected chi connectivity index (χ2v) is 8.99. The van der Waals surface area contributed by atoms with E-state index in [0.29, 0.717) is 24.6 Å². The van der Waals surface area contributed by atoms with E-state index in [-0.39, 0.29) is 5.56 Å². The summed E-state index contributed by atoms with van der Waals surface area (Å²) in [6, 6.07) is 9.46. The number of nitrogens with zero attached hydrogens (tertiary/aromatic N) is 2. The van der Waals surface area contributed by atoms with Crippen LogP contribution >= 0.6 is 0 Å². The number of aliphatic hydroxyl groups is 2. The second kappa shape index (κ2) is 7.74. The number of benzene rings is 1.